The van der Waals surface area contributed by atoms with Crippen molar-refractivity contribution in [1.82, 2.24) is 0 Å². The molecule has 0 amide bonds. The van der Waals surface area contributed by atoms with E-state index in [-0.39, 0.29) is 5.12 Å². The Kier molecular flexibility index (Phi) is 4.20. The molecule has 1 aromatic carbocycles. The second-order valence-electron chi connectivity index (χ2n) is 2.88. The van der Waals surface area contributed by atoms with Crippen molar-refractivity contribution in [3.05, 3.63) is 54.1 Å². The van der Waals surface area contributed by atoms with E-state index in [2.05, 4.69) is 19.2 Å². The maximum Gasteiger partial charge on any atom is 0.212 e. The average molecular weight is 204 g/mol. The van der Waals surface area contributed by atoms with Gasteiger partial charge in [-0.1, -0.05) is 36.4 Å². The summed E-state index contributed by atoms with van der Waals surface area (Å²) in [7, 11) is 0. The van der Waals surface area contributed by atoms with E-state index in [1.165, 1.54) is 0 Å². The molecule has 0 aliphatic rings. The zero-order chi connectivity index (χ0) is 10.4. The standard InChI is InChI=1S/C12H12OS/c1-2-6-11(12(13)14)9-10-7-4-3-5-8-10/h2-5,7-9H,1,6H2,(H,13,14). The van der Waals surface area contributed by atoms with Gasteiger partial charge in [0.2, 0.25) is 5.12 Å². The third kappa shape index (κ3) is 3.23. The Morgan fingerprint density at radius 1 is 1.36 bits per heavy atom. The van der Waals surface area contributed by atoms with Crippen LogP contribution in [0.5, 0.6) is 0 Å². The summed E-state index contributed by atoms with van der Waals surface area (Å²) in [6.45, 7) is 3.60. The van der Waals surface area contributed by atoms with Crippen LogP contribution in [0, 0.1) is 0 Å². The normalized spacial score (nSPS) is 11.1. The molecular formula is C12H12OS. The van der Waals surface area contributed by atoms with Crippen LogP contribution in [0.3, 0.4) is 0 Å². The Bertz CT molecular complexity index is 352. The Balaban J connectivity index is 2.93. The molecule has 1 aromatic rings. The highest BCUT2D eigenvalue weighted by Gasteiger charge is 2.01. The second-order valence-corrected chi connectivity index (χ2v) is 3.28. The van der Waals surface area contributed by atoms with Crippen molar-refractivity contribution in [2.75, 3.05) is 0 Å². The van der Waals surface area contributed by atoms with Crippen LogP contribution < -0.4 is 0 Å². The number of allylic oxidation sites excluding steroid dienone is 1. The van der Waals surface area contributed by atoms with Gasteiger partial charge in [-0.05, 0) is 18.1 Å². The molecule has 2 heteroatoms. The lowest BCUT2D eigenvalue weighted by Crippen LogP contribution is -1.91. The van der Waals surface area contributed by atoms with Gasteiger partial charge < -0.3 is 0 Å². The topological polar surface area (TPSA) is 17.1 Å². The highest BCUT2D eigenvalue weighted by Crippen LogP contribution is 2.12. The fraction of sp³-hybridized carbons (Fsp3) is 0.0833. The van der Waals surface area contributed by atoms with Crippen LogP contribution in [0.25, 0.3) is 6.08 Å². The summed E-state index contributed by atoms with van der Waals surface area (Å²) < 4.78 is 0. The number of benzene rings is 1. The molecular weight excluding hydrogens is 192 g/mol. The van der Waals surface area contributed by atoms with Crippen molar-refractivity contribution in [3.63, 3.8) is 0 Å². The molecule has 0 aliphatic heterocycles. The Labute approximate surface area is 89.6 Å². The molecule has 0 saturated carbocycles. The number of carbonyl (C=O) groups excluding carboxylic acids is 1. The monoisotopic (exact) mass is 204 g/mol. The molecule has 0 spiro atoms. The van der Waals surface area contributed by atoms with Crippen molar-refractivity contribution in [2.45, 2.75) is 6.42 Å². The number of thiol groups is 1. The average Bonchev–Trinajstić information content (AvgIpc) is 2.18. The maximum atomic E-state index is 11.1. The largest absolute Gasteiger partial charge is 0.282 e. The van der Waals surface area contributed by atoms with E-state index in [9.17, 15) is 4.79 Å². The van der Waals surface area contributed by atoms with Crippen LogP contribution in [0.1, 0.15) is 12.0 Å². The molecule has 0 heterocycles. The van der Waals surface area contributed by atoms with Gasteiger partial charge in [0.1, 0.15) is 0 Å². The van der Waals surface area contributed by atoms with Crippen molar-refractivity contribution in [2.24, 2.45) is 0 Å². The minimum Gasteiger partial charge on any atom is -0.282 e. The lowest BCUT2D eigenvalue weighted by Gasteiger charge is -1.98. The van der Waals surface area contributed by atoms with Gasteiger partial charge in [-0.25, -0.2) is 0 Å². The van der Waals surface area contributed by atoms with E-state index < -0.39 is 0 Å². The Hall–Kier alpha value is -1.28. The van der Waals surface area contributed by atoms with E-state index in [0.717, 1.165) is 5.56 Å². The molecule has 0 fully saturated rings. The van der Waals surface area contributed by atoms with E-state index in [1.54, 1.807) is 6.08 Å². The van der Waals surface area contributed by atoms with Gasteiger partial charge in [0, 0.05) is 5.57 Å². The predicted octanol–water partition coefficient (Wildman–Crippen LogP) is 3.10. The third-order valence-electron chi connectivity index (χ3n) is 1.78. The Morgan fingerprint density at radius 3 is 2.50 bits per heavy atom. The summed E-state index contributed by atoms with van der Waals surface area (Å²) in [5.41, 5.74) is 1.67. The van der Waals surface area contributed by atoms with Crippen LogP contribution in [0.15, 0.2) is 48.6 Å². The molecule has 0 atom stereocenters. The lowest BCUT2D eigenvalue weighted by molar-refractivity contribution is -0.107. The van der Waals surface area contributed by atoms with Gasteiger partial charge in [-0.15, -0.1) is 19.2 Å². The summed E-state index contributed by atoms with van der Waals surface area (Å²) >= 11 is 3.80. The molecule has 0 radical (unpaired) electrons. The molecule has 0 aromatic heterocycles. The maximum absolute atomic E-state index is 11.1. The quantitative estimate of drug-likeness (QED) is 0.453. The van der Waals surface area contributed by atoms with Crippen molar-refractivity contribution < 1.29 is 4.79 Å². The zero-order valence-corrected chi connectivity index (χ0v) is 8.71. The van der Waals surface area contributed by atoms with Crippen LogP contribution >= 0.6 is 12.6 Å². The summed E-state index contributed by atoms with van der Waals surface area (Å²) in [6.07, 6.45) is 4.08. The number of hydrogen-bond donors (Lipinski definition) is 1. The van der Waals surface area contributed by atoms with Crippen LogP contribution in [-0.2, 0) is 4.79 Å². The smallest absolute Gasteiger partial charge is 0.212 e. The number of rotatable bonds is 4. The van der Waals surface area contributed by atoms with E-state index in [1.807, 2.05) is 36.4 Å². The minimum absolute atomic E-state index is 0.200. The first-order chi connectivity index (χ1) is 6.74. The van der Waals surface area contributed by atoms with E-state index in [0.29, 0.717) is 12.0 Å². The van der Waals surface area contributed by atoms with Crippen molar-refractivity contribution >= 4 is 23.8 Å². The van der Waals surface area contributed by atoms with E-state index >= 15 is 0 Å². The molecule has 72 valence electrons. The fourth-order valence-electron chi connectivity index (χ4n) is 1.11. The third-order valence-corrected chi connectivity index (χ3v) is 2.07. The molecule has 14 heavy (non-hydrogen) atoms. The first-order valence-corrected chi connectivity index (χ1v) is 4.78. The van der Waals surface area contributed by atoms with Gasteiger partial charge in [-0.2, -0.15) is 0 Å². The van der Waals surface area contributed by atoms with Crippen molar-refractivity contribution in [3.8, 4) is 0 Å². The summed E-state index contributed by atoms with van der Waals surface area (Å²) in [6, 6.07) is 9.69. The highest BCUT2D eigenvalue weighted by molar-refractivity contribution is 7.97. The highest BCUT2D eigenvalue weighted by atomic mass is 32.1. The molecule has 0 N–H and O–H groups in total. The van der Waals surface area contributed by atoms with Gasteiger partial charge in [0.25, 0.3) is 0 Å². The predicted molar refractivity (Wildman–Crippen MR) is 63.2 cm³/mol. The minimum atomic E-state index is -0.200. The number of hydrogen-bond acceptors (Lipinski definition) is 1. The molecule has 1 nitrogen and oxygen atoms in total. The molecule has 0 bridgehead atoms. The van der Waals surface area contributed by atoms with E-state index in [4.69, 9.17) is 0 Å². The van der Waals surface area contributed by atoms with Gasteiger partial charge >= 0.3 is 0 Å². The summed E-state index contributed by atoms with van der Waals surface area (Å²) in [5.74, 6) is 0. The second kappa shape index (κ2) is 5.45. The molecule has 0 unspecified atom stereocenters. The lowest BCUT2D eigenvalue weighted by atomic mass is 10.1. The SMILES string of the molecule is C=CCC(=Cc1ccccc1)C(=O)S. The molecule has 1 rings (SSSR count). The Morgan fingerprint density at radius 2 is 2.00 bits per heavy atom. The number of carbonyl (C=O) groups is 1. The van der Waals surface area contributed by atoms with Gasteiger partial charge in [-0.3, -0.25) is 4.79 Å². The molecule has 0 aliphatic carbocycles. The molecule has 0 saturated heterocycles. The van der Waals surface area contributed by atoms with Crippen LogP contribution in [-0.4, -0.2) is 5.12 Å². The zero-order valence-electron chi connectivity index (χ0n) is 7.81. The van der Waals surface area contributed by atoms with Gasteiger partial charge in [0.05, 0.1) is 0 Å². The van der Waals surface area contributed by atoms with Crippen molar-refractivity contribution in [1.29, 1.82) is 0 Å². The summed E-state index contributed by atoms with van der Waals surface area (Å²) in [5, 5.41) is -0.200. The van der Waals surface area contributed by atoms with Crippen LogP contribution in [0.4, 0.5) is 0 Å². The first-order valence-electron chi connectivity index (χ1n) is 4.34. The fourth-order valence-corrected chi connectivity index (χ4v) is 1.27. The van der Waals surface area contributed by atoms with Crippen LogP contribution in [0.2, 0.25) is 0 Å². The van der Waals surface area contributed by atoms with Gasteiger partial charge in [0.15, 0.2) is 0 Å². The first kappa shape index (κ1) is 10.8. The summed E-state index contributed by atoms with van der Waals surface area (Å²) in [4.78, 5) is 11.1.